The van der Waals surface area contributed by atoms with E-state index in [1.807, 2.05) is 41.0 Å². The summed E-state index contributed by atoms with van der Waals surface area (Å²) in [5, 5.41) is 1.75. The van der Waals surface area contributed by atoms with Gasteiger partial charge in [-0.25, -0.2) is 14.4 Å². The molecule has 0 atom stereocenters. The van der Waals surface area contributed by atoms with Gasteiger partial charge in [0, 0.05) is 54.3 Å². The molecule has 1 aliphatic heterocycles. The molecule has 1 fully saturated rings. The Labute approximate surface area is 208 Å². The van der Waals surface area contributed by atoms with Crippen molar-refractivity contribution in [3.05, 3.63) is 102 Å². The van der Waals surface area contributed by atoms with E-state index < -0.39 is 0 Å². The first-order chi connectivity index (χ1) is 17.2. The van der Waals surface area contributed by atoms with E-state index in [0.717, 1.165) is 70.6 Å². The average molecular weight is 484 g/mol. The third kappa shape index (κ3) is 4.10. The number of aromatic nitrogens is 3. The zero-order valence-electron chi connectivity index (χ0n) is 19.0. The fourth-order valence-corrected chi connectivity index (χ4v) is 4.95. The molecule has 2 aromatic heterocycles. The first-order valence-corrected chi connectivity index (χ1v) is 12.0. The van der Waals surface area contributed by atoms with Gasteiger partial charge in [0.2, 0.25) is 0 Å². The molecule has 3 aromatic carbocycles. The van der Waals surface area contributed by atoms with E-state index in [-0.39, 0.29) is 5.82 Å². The molecule has 35 heavy (non-hydrogen) atoms. The fourth-order valence-electron chi connectivity index (χ4n) is 4.77. The van der Waals surface area contributed by atoms with E-state index in [4.69, 9.17) is 16.6 Å². The predicted molar refractivity (Wildman–Crippen MR) is 140 cm³/mol. The zero-order chi connectivity index (χ0) is 23.8. The Balaban J connectivity index is 1.42. The highest BCUT2D eigenvalue weighted by Crippen LogP contribution is 2.37. The molecule has 174 valence electrons. The van der Waals surface area contributed by atoms with Crippen molar-refractivity contribution in [2.45, 2.75) is 0 Å². The van der Waals surface area contributed by atoms with Crippen molar-refractivity contribution in [3.63, 3.8) is 0 Å². The lowest BCUT2D eigenvalue weighted by Gasteiger charge is -2.37. The molecule has 5 nitrogen and oxygen atoms in total. The van der Waals surface area contributed by atoms with Gasteiger partial charge in [-0.05, 0) is 48.0 Å². The molecule has 0 saturated carbocycles. The van der Waals surface area contributed by atoms with Crippen molar-refractivity contribution >= 4 is 34.1 Å². The molecule has 0 unspecified atom stereocenters. The number of fused-ring (bicyclic) bond motifs is 1. The van der Waals surface area contributed by atoms with Crippen molar-refractivity contribution in [3.8, 4) is 16.8 Å². The van der Waals surface area contributed by atoms with Crippen molar-refractivity contribution in [1.82, 2.24) is 14.5 Å². The number of hydrogen-bond acceptors (Lipinski definition) is 4. The number of hydrogen-bond donors (Lipinski definition) is 0. The minimum Gasteiger partial charge on any atom is -0.368 e. The van der Waals surface area contributed by atoms with Gasteiger partial charge in [0.1, 0.15) is 18.0 Å². The van der Waals surface area contributed by atoms with Crippen LogP contribution in [0.15, 0.2) is 91.4 Å². The molecular formula is C28H23ClFN5. The van der Waals surface area contributed by atoms with Crippen LogP contribution in [0.25, 0.3) is 27.8 Å². The number of piperazine rings is 1. The lowest BCUT2D eigenvalue weighted by atomic mass is 10.1. The molecule has 1 saturated heterocycles. The lowest BCUT2D eigenvalue weighted by molar-refractivity contribution is 0.627. The lowest BCUT2D eigenvalue weighted by Crippen LogP contribution is -2.46. The van der Waals surface area contributed by atoms with E-state index in [0.29, 0.717) is 0 Å². The van der Waals surface area contributed by atoms with Crippen LogP contribution in [-0.2, 0) is 0 Å². The Kier molecular flexibility index (Phi) is 5.58. The number of nitrogens with zero attached hydrogens (tertiary/aromatic N) is 5. The quantitative estimate of drug-likeness (QED) is 0.304. The molecule has 0 aliphatic carbocycles. The number of anilines is 2. The van der Waals surface area contributed by atoms with Crippen molar-refractivity contribution in [2.24, 2.45) is 0 Å². The monoisotopic (exact) mass is 483 g/mol. The molecule has 5 aromatic rings. The number of rotatable bonds is 4. The van der Waals surface area contributed by atoms with Gasteiger partial charge in [-0.1, -0.05) is 48.0 Å². The van der Waals surface area contributed by atoms with E-state index >= 15 is 0 Å². The van der Waals surface area contributed by atoms with Gasteiger partial charge in [0.05, 0.1) is 5.39 Å². The average Bonchev–Trinajstić information content (AvgIpc) is 3.30. The Hall–Kier alpha value is -3.90. The van der Waals surface area contributed by atoms with E-state index in [1.165, 1.54) is 12.1 Å². The second-order valence-electron chi connectivity index (χ2n) is 8.61. The number of halogens is 2. The maximum absolute atomic E-state index is 13.6. The van der Waals surface area contributed by atoms with Crippen LogP contribution in [-0.4, -0.2) is 40.7 Å². The molecular weight excluding hydrogens is 461 g/mol. The zero-order valence-corrected chi connectivity index (χ0v) is 19.7. The molecule has 3 heterocycles. The summed E-state index contributed by atoms with van der Waals surface area (Å²) in [7, 11) is 0. The second-order valence-corrected chi connectivity index (χ2v) is 9.04. The van der Waals surface area contributed by atoms with Crippen LogP contribution in [0.1, 0.15) is 0 Å². The summed E-state index contributed by atoms with van der Waals surface area (Å²) >= 11 is 6.21. The molecule has 0 spiro atoms. The van der Waals surface area contributed by atoms with E-state index in [9.17, 15) is 4.39 Å². The van der Waals surface area contributed by atoms with Crippen molar-refractivity contribution < 1.29 is 4.39 Å². The number of benzene rings is 3. The summed E-state index contributed by atoms with van der Waals surface area (Å²) in [5.74, 6) is 0.654. The SMILES string of the molecule is Fc1ccc(-n2cc(-c3ccccc3)c3c(N4CCN(c5cccc(Cl)c5)CC4)ncnc32)cc1. The molecule has 6 rings (SSSR count). The molecule has 7 heteroatoms. The normalized spacial score (nSPS) is 14.0. The van der Waals surface area contributed by atoms with Gasteiger partial charge in [0.15, 0.2) is 5.65 Å². The summed E-state index contributed by atoms with van der Waals surface area (Å²) in [6.07, 6.45) is 3.70. The van der Waals surface area contributed by atoms with Crippen LogP contribution in [0.2, 0.25) is 5.02 Å². The maximum Gasteiger partial charge on any atom is 0.150 e. The van der Waals surface area contributed by atoms with Crippen LogP contribution >= 0.6 is 11.6 Å². The summed E-state index contributed by atoms with van der Waals surface area (Å²) < 4.78 is 15.6. The summed E-state index contributed by atoms with van der Waals surface area (Å²) in [6, 6.07) is 24.7. The highest BCUT2D eigenvalue weighted by atomic mass is 35.5. The van der Waals surface area contributed by atoms with Crippen LogP contribution in [0.3, 0.4) is 0 Å². The Morgan fingerprint density at radius 1 is 0.743 bits per heavy atom. The predicted octanol–water partition coefficient (Wildman–Crippen LogP) is 6.21. The van der Waals surface area contributed by atoms with Gasteiger partial charge < -0.3 is 14.4 Å². The van der Waals surface area contributed by atoms with Crippen LogP contribution in [0.5, 0.6) is 0 Å². The first kappa shape index (κ1) is 21.6. The highest BCUT2D eigenvalue weighted by molar-refractivity contribution is 6.30. The Morgan fingerprint density at radius 3 is 2.23 bits per heavy atom. The molecule has 1 aliphatic rings. The first-order valence-electron chi connectivity index (χ1n) is 11.6. The molecule has 0 amide bonds. The van der Waals surface area contributed by atoms with Crippen LogP contribution < -0.4 is 9.80 Å². The van der Waals surface area contributed by atoms with E-state index in [1.54, 1.807) is 18.5 Å². The topological polar surface area (TPSA) is 37.2 Å². The third-order valence-corrected chi connectivity index (χ3v) is 6.74. The van der Waals surface area contributed by atoms with Crippen LogP contribution in [0.4, 0.5) is 15.9 Å². The highest BCUT2D eigenvalue weighted by Gasteiger charge is 2.24. The van der Waals surface area contributed by atoms with Gasteiger partial charge in [-0.3, -0.25) is 0 Å². The Bertz CT molecular complexity index is 1480. The minimum atomic E-state index is -0.263. The molecule has 0 bridgehead atoms. The largest absolute Gasteiger partial charge is 0.368 e. The van der Waals surface area contributed by atoms with Crippen molar-refractivity contribution in [2.75, 3.05) is 36.0 Å². The van der Waals surface area contributed by atoms with Gasteiger partial charge in [0.25, 0.3) is 0 Å². The van der Waals surface area contributed by atoms with Crippen molar-refractivity contribution in [1.29, 1.82) is 0 Å². The standard InChI is InChI=1S/C28H23ClFN5/c29-21-7-4-8-24(17-21)33-13-15-34(16-14-33)27-26-25(20-5-2-1-3-6-20)18-35(28(26)32-19-31-27)23-11-9-22(30)10-12-23/h1-12,17-19H,13-16H2. The Morgan fingerprint density at radius 2 is 1.49 bits per heavy atom. The molecule has 0 radical (unpaired) electrons. The van der Waals surface area contributed by atoms with Gasteiger partial charge in [-0.2, -0.15) is 0 Å². The fraction of sp³-hybridized carbons (Fsp3) is 0.143. The smallest absolute Gasteiger partial charge is 0.150 e. The van der Waals surface area contributed by atoms with E-state index in [2.05, 4.69) is 39.2 Å². The van der Waals surface area contributed by atoms with Crippen LogP contribution in [0, 0.1) is 5.82 Å². The maximum atomic E-state index is 13.6. The third-order valence-electron chi connectivity index (χ3n) is 6.51. The molecule has 0 N–H and O–H groups in total. The van der Waals surface area contributed by atoms with Gasteiger partial charge in [-0.15, -0.1) is 0 Å². The summed E-state index contributed by atoms with van der Waals surface area (Å²) in [6.45, 7) is 3.39. The second kappa shape index (κ2) is 9.04. The summed E-state index contributed by atoms with van der Waals surface area (Å²) in [4.78, 5) is 14.1. The minimum absolute atomic E-state index is 0.263. The van der Waals surface area contributed by atoms with Gasteiger partial charge >= 0.3 is 0 Å². The summed E-state index contributed by atoms with van der Waals surface area (Å²) in [5.41, 5.74) is 4.94.